The van der Waals surface area contributed by atoms with E-state index in [4.69, 9.17) is 0 Å². The van der Waals surface area contributed by atoms with Crippen LogP contribution in [0.1, 0.15) is 30.7 Å². The first-order valence-electron chi connectivity index (χ1n) is 7.71. The minimum atomic E-state index is -3.24. The molecule has 0 unspecified atom stereocenters. The molecule has 128 valence electrons. The second-order valence-corrected chi connectivity index (χ2v) is 8.31. The molecule has 0 spiro atoms. The van der Waals surface area contributed by atoms with E-state index in [2.05, 4.69) is 34.5 Å². The predicted octanol–water partition coefficient (Wildman–Crippen LogP) is 1.93. The molecule has 1 aromatic carbocycles. The summed E-state index contributed by atoms with van der Waals surface area (Å²) in [5.41, 5.74) is 6.05. The molecule has 0 atom stereocenters. The van der Waals surface area contributed by atoms with Crippen molar-refractivity contribution in [3.05, 3.63) is 41.1 Å². The van der Waals surface area contributed by atoms with Gasteiger partial charge in [0.1, 0.15) is 0 Å². The molecular weight excluding hydrogens is 326 g/mol. The Labute approximate surface area is 141 Å². The van der Waals surface area contributed by atoms with Gasteiger partial charge in [-0.2, -0.15) is 5.10 Å². The number of benzene rings is 1. The molecule has 8 heteroatoms. The van der Waals surface area contributed by atoms with Crippen molar-refractivity contribution in [3.63, 3.8) is 0 Å². The number of aromatic amines is 1. The summed E-state index contributed by atoms with van der Waals surface area (Å²) in [6, 6.07) is 7.23. The number of aromatic nitrogens is 2. The van der Waals surface area contributed by atoms with Crippen LogP contribution in [0.3, 0.4) is 0 Å². The highest BCUT2D eigenvalue weighted by atomic mass is 32.2. The summed E-state index contributed by atoms with van der Waals surface area (Å²) in [6.07, 6.45) is 1.22. The van der Waals surface area contributed by atoms with Crippen LogP contribution in [0.2, 0.25) is 0 Å². The second-order valence-electron chi connectivity index (χ2n) is 6.29. The fourth-order valence-corrected chi connectivity index (χ4v) is 3.23. The van der Waals surface area contributed by atoms with E-state index in [1.165, 1.54) is 6.26 Å². The lowest BCUT2D eigenvalue weighted by molar-refractivity contribution is 0.169. The average Bonchev–Trinajstić information content (AvgIpc) is 2.90. The van der Waals surface area contributed by atoms with Crippen LogP contribution in [-0.4, -0.2) is 41.8 Å². The fraction of sp³-hybridized carbons (Fsp3) is 0.375. The topological polar surface area (TPSA) is 90.4 Å². The second kappa shape index (κ2) is 6.03. The Bertz CT molecular complexity index is 899. The van der Waals surface area contributed by atoms with Gasteiger partial charge >= 0.3 is 0 Å². The third-order valence-corrected chi connectivity index (χ3v) is 5.00. The lowest BCUT2D eigenvalue weighted by atomic mass is 10.0. The Balaban J connectivity index is 2.10. The van der Waals surface area contributed by atoms with E-state index < -0.39 is 9.84 Å². The summed E-state index contributed by atoms with van der Waals surface area (Å²) in [7, 11) is -3.24. The molecule has 0 aliphatic carbocycles. The molecule has 2 aromatic rings. The van der Waals surface area contributed by atoms with Gasteiger partial charge in [-0.05, 0) is 44.5 Å². The van der Waals surface area contributed by atoms with Crippen LogP contribution in [-0.2, 0) is 16.4 Å². The summed E-state index contributed by atoms with van der Waals surface area (Å²) in [5.74, 6) is 1.25. The minimum Gasteiger partial charge on any atom is -0.302 e. The maximum atomic E-state index is 11.8. The van der Waals surface area contributed by atoms with Crippen molar-refractivity contribution in [2.24, 2.45) is 4.99 Å². The largest absolute Gasteiger partial charge is 0.302 e. The third kappa shape index (κ3) is 3.34. The van der Waals surface area contributed by atoms with Crippen LogP contribution in [0.4, 0.5) is 5.82 Å². The highest BCUT2D eigenvalue weighted by Crippen LogP contribution is 2.23. The molecule has 0 saturated heterocycles. The number of hydrazine groups is 1. The number of hydrogen-bond donors (Lipinski definition) is 2. The number of aryl methyl sites for hydroxylation is 1. The van der Waals surface area contributed by atoms with Gasteiger partial charge in [0.15, 0.2) is 21.5 Å². The first-order valence-corrected chi connectivity index (χ1v) is 9.60. The fourth-order valence-electron chi connectivity index (χ4n) is 2.55. The number of amidine groups is 1. The van der Waals surface area contributed by atoms with Crippen molar-refractivity contribution in [1.82, 2.24) is 20.6 Å². The lowest BCUT2D eigenvalue weighted by Crippen LogP contribution is -2.49. The van der Waals surface area contributed by atoms with Crippen LogP contribution in [0.15, 0.2) is 34.2 Å². The summed E-state index contributed by atoms with van der Waals surface area (Å²) in [4.78, 5) is 4.90. The van der Waals surface area contributed by atoms with Gasteiger partial charge in [0.05, 0.1) is 4.90 Å². The third-order valence-electron chi connectivity index (χ3n) is 3.89. The summed E-state index contributed by atoms with van der Waals surface area (Å²) in [6.45, 7) is 6.65. The van der Waals surface area contributed by atoms with Crippen LogP contribution in [0.25, 0.3) is 0 Å². The van der Waals surface area contributed by atoms with Crippen LogP contribution in [0, 0.1) is 6.92 Å². The van der Waals surface area contributed by atoms with Crippen molar-refractivity contribution >= 4 is 21.5 Å². The molecule has 0 amide bonds. The first kappa shape index (κ1) is 16.7. The summed E-state index contributed by atoms with van der Waals surface area (Å²) < 4.78 is 23.7. The molecule has 1 aliphatic rings. The number of aliphatic imine (C=N–C) groups is 1. The minimum absolute atomic E-state index is 0.228. The molecule has 2 heterocycles. The Morgan fingerprint density at radius 1 is 1.29 bits per heavy atom. The zero-order valence-electron chi connectivity index (χ0n) is 14.2. The van der Waals surface area contributed by atoms with Crippen molar-refractivity contribution in [2.75, 3.05) is 6.26 Å². The van der Waals surface area contributed by atoms with Gasteiger partial charge in [-0.25, -0.2) is 18.4 Å². The van der Waals surface area contributed by atoms with Gasteiger partial charge in [-0.15, -0.1) is 0 Å². The van der Waals surface area contributed by atoms with Gasteiger partial charge in [0.2, 0.25) is 0 Å². The molecule has 0 radical (unpaired) electrons. The number of nitrogens with one attached hydrogen (secondary N) is 2. The molecule has 0 fully saturated rings. The molecule has 3 rings (SSSR count). The highest BCUT2D eigenvalue weighted by Gasteiger charge is 2.24. The van der Waals surface area contributed by atoms with Crippen molar-refractivity contribution in [1.29, 1.82) is 0 Å². The number of H-pyrrole nitrogens is 1. The summed E-state index contributed by atoms with van der Waals surface area (Å²) in [5, 5.41) is 9.03. The maximum absolute atomic E-state index is 11.8. The van der Waals surface area contributed by atoms with E-state index in [1.807, 2.05) is 18.0 Å². The lowest BCUT2D eigenvalue weighted by Gasteiger charge is -2.34. The van der Waals surface area contributed by atoms with Gasteiger partial charge in [0, 0.05) is 36.2 Å². The first-order chi connectivity index (χ1) is 11.2. The average molecular weight is 347 g/mol. The molecular formula is C16H21N5O2S. The van der Waals surface area contributed by atoms with Crippen molar-refractivity contribution < 1.29 is 8.42 Å². The van der Waals surface area contributed by atoms with E-state index >= 15 is 0 Å². The van der Waals surface area contributed by atoms with Gasteiger partial charge in [-0.3, -0.25) is 5.10 Å². The van der Waals surface area contributed by atoms with Gasteiger partial charge in [0.25, 0.3) is 0 Å². The van der Waals surface area contributed by atoms with Crippen LogP contribution >= 0.6 is 0 Å². The summed E-state index contributed by atoms with van der Waals surface area (Å²) >= 11 is 0. The smallest absolute Gasteiger partial charge is 0.175 e. The van der Waals surface area contributed by atoms with E-state index in [0.717, 1.165) is 16.8 Å². The predicted molar refractivity (Wildman–Crippen MR) is 92.9 cm³/mol. The number of sulfone groups is 1. The number of fused-ring (bicyclic) bond motifs is 1. The molecule has 24 heavy (non-hydrogen) atoms. The van der Waals surface area contributed by atoms with Gasteiger partial charge in [-0.1, -0.05) is 0 Å². The van der Waals surface area contributed by atoms with E-state index in [9.17, 15) is 8.42 Å². The molecule has 2 N–H and O–H groups in total. The normalized spacial score (nSPS) is 17.1. The van der Waals surface area contributed by atoms with Gasteiger partial charge < -0.3 is 5.43 Å². The number of rotatable bonds is 3. The maximum Gasteiger partial charge on any atom is 0.175 e. The molecule has 0 bridgehead atoms. The van der Waals surface area contributed by atoms with Crippen LogP contribution < -0.4 is 5.43 Å². The highest BCUT2D eigenvalue weighted by molar-refractivity contribution is 7.90. The molecule has 1 aromatic heterocycles. The zero-order chi connectivity index (χ0) is 17.5. The van der Waals surface area contributed by atoms with Crippen molar-refractivity contribution in [2.45, 2.75) is 38.3 Å². The number of nitrogens with zero attached hydrogens (tertiary/aromatic N) is 3. The monoisotopic (exact) mass is 347 g/mol. The van der Waals surface area contributed by atoms with E-state index in [1.54, 1.807) is 18.2 Å². The quantitative estimate of drug-likeness (QED) is 0.885. The van der Waals surface area contributed by atoms with Crippen molar-refractivity contribution in [3.8, 4) is 0 Å². The molecule has 7 nitrogen and oxygen atoms in total. The Kier molecular flexibility index (Phi) is 4.18. The van der Waals surface area contributed by atoms with Crippen LogP contribution in [0.5, 0.6) is 0 Å². The Morgan fingerprint density at radius 3 is 2.62 bits per heavy atom. The van der Waals surface area contributed by atoms with E-state index in [0.29, 0.717) is 23.1 Å². The molecule has 1 aliphatic heterocycles. The Morgan fingerprint density at radius 2 is 2.04 bits per heavy atom. The SMILES string of the molecule is Cc1cc(N=C2NN(C(C)C)Cc3cc(S(C)(=O)=O)ccc32)n[nH]1. The Hall–Kier alpha value is -2.19. The number of hydrogen-bond acceptors (Lipinski definition) is 5. The molecule has 0 saturated carbocycles. The van der Waals surface area contributed by atoms with E-state index in [-0.39, 0.29) is 6.04 Å². The standard InChI is InChI=1S/C16H21N5O2S/c1-10(2)21-9-12-8-13(24(4,22)23)5-6-14(12)16(20-21)17-15-7-11(3)18-19-15/h5-8,10H,9H2,1-4H3,(H2,17,18,19,20). The zero-order valence-corrected chi connectivity index (χ0v) is 15.0.